The molecule has 0 aliphatic carbocycles. The Kier molecular flexibility index (Phi) is 3.05. The average molecular weight is 237 g/mol. The van der Waals surface area contributed by atoms with Gasteiger partial charge in [0.2, 0.25) is 0 Å². The van der Waals surface area contributed by atoms with Crippen LogP contribution < -0.4 is 5.32 Å². The number of nitrogens with one attached hydrogen (secondary N) is 1. The van der Waals surface area contributed by atoms with Crippen molar-refractivity contribution in [3.63, 3.8) is 0 Å². The van der Waals surface area contributed by atoms with E-state index in [0.717, 1.165) is 24.5 Å². The minimum atomic E-state index is 0.379. The first-order chi connectivity index (χ1) is 8.92. The SMILES string of the molecule is c1ccc(C[C@@H]2CN=C(c3ccccn3)N2)cc1. The number of pyridine rings is 1. The molecule has 1 aromatic heterocycles. The molecule has 2 aromatic rings. The summed E-state index contributed by atoms with van der Waals surface area (Å²) < 4.78 is 0. The second-order valence-electron chi connectivity index (χ2n) is 4.44. The molecule has 1 aliphatic heterocycles. The largest absolute Gasteiger partial charge is 0.364 e. The van der Waals surface area contributed by atoms with Gasteiger partial charge in [-0.1, -0.05) is 36.4 Å². The number of hydrogen-bond acceptors (Lipinski definition) is 3. The van der Waals surface area contributed by atoms with E-state index in [1.165, 1.54) is 5.56 Å². The van der Waals surface area contributed by atoms with E-state index in [0.29, 0.717) is 6.04 Å². The van der Waals surface area contributed by atoms with Gasteiger partial charge >= 0.3 is 0 Å². The van der Waals surface area contributed by atoms with Crippen LogP contribution in [-0.2, 0) is 6.42 Å². The van der Waals surface area contributed by atoms with E-state index < -0.39 is 0 Å². The van der Waals surface area contributed by atoms with Crippen molar-refractivity contribution < 1.29 is 0 Å². The van der Waals surface area contributed by atoms with Crippen LogP contribution in [0.3, 0.4) is 0 Å². The summed E-state index contributed by atoms with van der Waals surface area (Å²) in [5.74, 6) is 0.913. The monoisotopic (exact) mass is 237 g/mol. The van der Waals surface area contributed by atoms with E-state index in [9.17, 15) is 0 Å². The highest BCUT2D eigenvalue weighted by Crippen LogP contribution is 2.09. The fraction of sp³-hybridized carbons (Fsp3) is 0.200. The molecule has 3 heteroatoms. The Hall–Kier alpha value is -2.16. The standard InChI is InChI=1S/C15H15N3/c1-2-6-12(7-3-1)10-13-11-17-15(18-13)14-8-4-5-9-16-14/h1-9,13H,10-11H2,(H,17,18)/t13-/m1/s1. The third kappa shape index (κ3) is 2.40. The molecule has 2 heterocycles. The molecule has 18 heavy (non-hydrogen) atoms. The van der Waals surface area contributed by atoms with Gasteiger partial charge in [0.15, 0.2) is 0 Å². The third-order valence-electron chi connectivity index (χ3n) is 3.04. The lowest BCUT2D eigenvalue weighted by atomic mass is 10.1. The molecular formula is C15H15N3. The van der Waals surface area contributed by atoms with Crippen LogP contribution in [0.1, 0.15) is 11.3 Å². The van der Waals surface area contributed by atoms with Gasteiger partial charge in [-0.3, -0.25) is 9.98 Å². The van der Waals surface area contributed by atoms with E-state index in [4.69, 9.17) is 0 Å². The quantitative estimate of drug-likeness (QED) is 0.887. The van der Waals surface area contributed by atoms with Gasteiger partial charge in [-0.05, 0) is 24.1 Å². The molecule has 0 saturated carbocycles. The Morgan fingerprint density at radius 3 is 2.67 bits per heavy atom. The zero-order valence-electron chi connectivity index (χ0n) is 10.1. The lowest BCUT2D eigenvalue weighted by Crippen LogP contribution is -2.32. The lowest BCUT2D eigenvalue weighted by molar-refractivity contribution is 0.654. The molecule has 0 fully saturated rings. The molecule has 90 valence electrons. The zero-order valence-corrected chi connectivity index (χ0v) is 10.1. The highest BCUT2D eigenvalue weighted by atomic mass is 15.1. The summed E-state index contributed by atoms with van der Waals surface area (Å²) >= 11 is 0. The van der Waals surface area contributed by atoms with E-state index in [-0.39, 0.29) is 0 Å². The summed E-state index contributed by atoms with van der Waals surface area (Å²) in [7, 11) is 0. The molecule has 0 unspecified atom stereocenters. The summed E-state index contributed by atoms with van der Waals surface area (Å²) in [6.07, 6.45) is 2.80. The van der Waals surface area contributed by atoms with E-state index >= 15 is 0 Å². The number of nitrogens with zero attached hydrogens (tertiary/aromatic N) is 2. The van der Waals surface area contributed by atoms with Gasteiger partial charge in [-0.2, -0.15) is 0 Å². The van der Waals surface area contributed by atoms with Gasteiger partial charge in [0, 0.05) is 6.20 Å². The molecule has 3 nitrogen and oxygen atoms in total. The van der Waals surface area contributed by atoms with Crippen LogP contribution in [0.5, 0.6) is 0 Å². The van der Waals surface area contributed by atoms with Gasteiger partial charge < -0.3 is 5.32 Å². The second-order valence-corrected chi connectivity index (χ2v) is 4.44. The molecular weight excluding hydrogens is 222 g/mol. The zero-order chi connectivity index (χ0) is 12.2. The average Bonchev–Trinajstić information content (AvgIpc) is 2.89. The number of amidine groups is 1. The maximum atomic E-state index is 4.53. The van der Waals surface area contributed by atoms with Crippen molar-refractivity contribution in [1.29, 1.82) is 0 Å². The Labute approximate surface area is 107 Å². The van der Waals surface area contributed by atoms with Gasteiger partial charge in [0.05, 0.1) is 12.6 Å². The molecule has 0 radical (unpaired) electrons. The highest BCUT2D eigenvalue weighted by molar-refractivity contribution is 5.98. The number of rotatable bonds is 3. The third-order valence-corrected chi connectivity index (χ3v) is 3.04. The molecule has 1 aromatic carbocycles. The number of hydrogen-bond donors (Lipinski definition) is 1. The van der Waals surface area contributed by atoms with Crippen LogP contribution in [0.25, 0.3) is 0 Å². The van der Waals surface area contributed by atoms with E-state index in [2.05, 4.69) is 39.6 Å². The molecule has 1 aliphatic rings. The first-order valence-electron chi connectivity index (χ1n) is 6.18. The van der Waals surface area contributed by atoms with Crippen molar-refractivity contribution in [3.05, 3.63) is 66.0 Å². The van der Waals surface area contributed by atoms with Crippen LogP contribution in [0.4, 0.5) is 0 Å². The first-order valence-corrected chi connectivity index (χ1v) is 6.18. The van der Waals surface area contributed by atoms with Crippen LogP contribution in [-0.4, -0.2) is 23.4 Å². The summed E-state index contributed by atoms with van der Waals surface area (Å²) in [6, 6.07) is 16.8. The minimum Gasteiger partial charge on any atom is -0.364 e. The lowest BCUT2D eigenvalue weighted by Gasteiger charge is -2.11. The van der Waals surface area contributed by atoms with Gasteiger partial charge in [0.25, 0.3) is 0 Å². The van der Waals surface area contributed by atoms with Crippen molar-refractivity contribution in [2.24, 2.45) is 4.99 Å². The number of benzene rings is 1. The Balaban J connectivity index is 1.65. The van der Waals surface area contributed by atoms with Gasteiger partial charge in [-0.15, -0.1) is 0 Å². The fourth-order valence-electron chi connectivity index (χ4n) is 2.16. The molecule has 3 rings (SSSR count). The molecule has 0 spiro atoms. The van der Waals surface area contributed by atoms with Gasteiger partial charge in [-0.25, -0.2) is 0 Å². The Morgan fingerprint density at radius 1 is 1.06 bits per heavy atom. The fourth-order valence-corrected chi connectivity index (χ4v) is 2.16. The first kappa shape index (κ1) is 11.0. The van der Waals surface area contributed by atoms with Crippen LogP contribution >= 0.6 is 0 Å². The number of aliphatic imine (C=N–C) groups is 1. The molecule has 1 atom stereocenters. The van der Waals surface area contributed by atoms with Crippen molar-refractivity contribution in [1.82, 2.24) is 10.3 Å². The molecule has 0 bridgehead atoms. The van der Waals surface area contributed by atoms with Crippen LogP contribution in [0.2, 0.25) is 0 Å². The summed E-state index contributed by atoms with van der Waals surface area (Å²) in [5.41, 5.74) is 2.26. The smallest absolute Gasteiger partial charge is 0.147 e. The maximum absolute atomic E-state index is 4.53. The minimum absolute atomic E-state index is 0.379. The number of aromatic nitrogens is 1. The predicted octanol–water partition coefficient (Wildman–Crippen LogP) is 2.04. The Bertz CT molecular complexity index is 534. The predicted molar refractivity (Wildman–Crippen MR) is 72.7 cm³/mol. The molecule has 0 saturated heterocycles. The van der Waals surface area contributed by atoms with Gasteiger partial charge in [0.1, 0.15) is 11.5 Å². The van der Waals surface area contributed by atoms with Crippen molar-refractivity contribution in [2.45, 2.75) is 12.5 Å². The normalized spacial score (nSPS) is 18.2. The summed E-state index contributed by atoms with van der Waals surface area (Å²) in [5, 5.41) is 3.44. The maximum Gasteiger partial charge on any atom is 0.147 e. The van der Waals surface area contributed by atoms with Crippen LogP contribution in [0.15, 0.2) is 59.7 Å². The second kappa shape index (κ2) is 5.00. The van der Waals surface area contributed by atoms with Crippen LogP contribution in [0, 0.1) is 0 Å². The summed E-state index contributed by atoms with van der Waals surface area (Å²) in [4.78, 5) is 8.84. The van der Waals surface area contributed by atoms with Crippen molar-refractivity contribution in [3.8, 4) is 0 Å². The summed E-state index contributed by atoms with van der Waals surface area (Å²) in [6.45, 7) is 0.820. The molecule has 0 amide bonds. The highest BCUT2D eigenvalue weighted by Gasteiger charge is 2.19. The van der Waals surface area contributed by atoms with Crippen molar-refractivity contribution in [2.75, 3.05) is 6.54 Å². The van der Waals surface area contributed by atoms with E-state index in [1.807, 2.05) is 24.3 Å². The van der Waals surface area contributed by atoms with E-state index in [1.54, 1.807) is 6.20 Å². The van der Waals surface area contributed by atoms with Crippen molar-refractivity contribution >= 4 is 5.84 Å². The molecule has 1 N–H and O–H groups in total. The topological polar surface area (TPSA) is 37.3 Å². The Morgan fingerprint density at radius 2 is 1.89 bits per heavy atom.